The number of carboxylic acid groups (broad SMARTS) is 1. The molecule has 0 aliphatic heterocycles. The van der Waals surface area contributed by atoms with E-state index in [4.69, 9.17) is 5.73 Å². The Morgan fingerprint density at radius 1 is 0.641 bits per heavy atom. The third-order valence-electron chi connectivity index (χ3n) is 6.22. The van der Waals surface area contributed by atoms with Crippen LogP contribution >= 0.6 is 0 Å². The first-order valence-electron chi connectivity index (χ1n) is 13.4. The molecule has 0 heterocycles. The zero-order chi connectivity index (χ0) is 28.9. The van der Waals surface area contributed by atoms with E-state index in [2.05, 4.69) is 16.0 Å². The normalized spacial score (nSPS) is 14.2. The minimum atomic E-state index is -1.17. The number of rotatable bonds is 15. The summed E-state index contributed by atoms with van der Waals surface area (Å²) in [7, 11) is 0. The highest BCUT2D eigenvalue weighted by Crippen LogP contribution is 2.11. The molecule has 4 unspecified atom stereocenters. The van der Waals surface area contributed by atoms with Crippen LogP contribution in [0.1, 0.15) is 51.7 Å². The summed E-state index contributed by atoms with van der Waals surface area (Å²) in [6.07, 6.45) is 1.05. The van der Waals surface area contributed by atoms with E-state index in [1.54, 1.807) is 24.3 Å². The number of amides is 3. The van der Waals surface area contributed by atoms with E-state index in [9.17, 15) is 24.3 Å². The van der Waals surface area contributed by atoms with Crippen molar-refractivity contribution in [3.05, 3.63) is 71.8 Å². The maximum Gasteiger partial charge on any atom is 0.326 e. The Labute approximate surface area is 230 Å². The summed E-state index contributed by atoms with van der Waals surface area (Å²) in [5.74, 6) is -2.53. The second-order valence-corrected chi connectivity index (χ2v) is 10.8. The summed E-state index contributed by atoms with van der Waals surface area (Å²) in [4.78, 5) is 51.5. The van der Waals surface area contributed by atoms with Gasteiger partial charge < -0.3 is 26.8 Å². The van der Waals surface area contributed by atoms with Crippen molar-refractivity contribution in [3.63, 3.8) is 0 Å². The van der Waals surface area contributed by atoms with Gasteiger partial charge in [0.25, 0.3) is 0 Å². The zero-order valence-electron chi connectivity index (χ0n) is 23.2. The molecule has 0 fully saturated rings. The lowest BCUT2D eigenvalue weighted by molar-refractivity contribution is -0.142. The minimum absolute atomic E-state index is 0.0279. The van der Waals surface area contributed by atoms with Crippen LogP contribution in [0.4, 0.5) is 0 Å². The van der Waals surface area contributed by atoms with Gasteiger partial charge in [0, 0.05) is 12.8 Å². The molecule has 212 valence electrons. The number of carbonyl (C=O) groups excluding carboxylic acids is 3. The molecule has 0 saturated heterocycles. The Balaban J connectivity index is 2.21. The van der Waals surface area contributed by atoms with Crippen molar-refractivity contribution in [2.45, 2.75) is 77.5 Å². The predicted molar refractivity (Wildman–Crippen MR) is 151 cm³/mol. The SMILES string of the molecule is CC(C)CC(N)C(=O)NC(Cc1ccccc1)C(=O)NC(CC(C)C)C(=O)NC(Cc1ccccc1)C(=O)O. The molecule has 0 saturated carbocycles. The van der Waals surface area contributed by atoms with Gasteiger partial charge in [-0.15, -0.1) is 0 Å². The molecule has 39 heavy (non-hydrogen) atoms. The first-order valence-corrected chi connectivity index (χ1v) is 13.4. The average Bonchev–Trinajstić information content (AvgIpc) is 2.87. The summed E-state index contributed by atoms with van der Waals surface area (Å²) in [5, 5.41) is 17.8. The maximum absolute atomic E-state index is 13.5. The van der Waals surface area contributed by atoms with Crippen molar-refractivity contribution < 1.29 is 24.3 Å². The molecule has 2 rings (SSSR count). The third-order valence-corrected chi connectivity index (χ3v) is 6.22. The van der Waals surface area contributed by atoms with Crippen LogP contribution in [0.3, 0.4) is 0 Å². The lowest BCUT2D eigenvalue weighted by atomic mass is 9.99. The summed E-state index contributed by atoms with van der Waals surface area (Å²) in [6, 6.07) is 14.3. The van der Waals surface area contributed by atoms with Gasteiger partial charge in [-0.1, -0.05) is 88.4 Å². The van der Waals surface area contributed by atoms with E-state index in [1.807, 2.05) is 64.1 Å². The molecule has 0 spiro atoms. The predicted octanol–water partition coefficient (Wildman–Crippen LogP) is 2.43. The average molecular weight is 539 g/mol. The Hall–Kier alpha value is -3.72. The van der Waals surface area contributed by atoms with E-state index in [0.717, 1.165) is 11.1 Å². The molecule has 3 amide bonds. The first-order chi connectivity index (χ1) is 18.5. The van der Waals surface area contributed by atoms with Gasteiger partial charge in [0.2, 0.25) is 17.7 Å². The van der Waals surface area contributed by atoms with Crippen LogP contribution in [0, 0.1) is 11.8 Å². The summed E-state index contributed by atoms with van der Waals surface area (Å²) in [5.41, 5.74) is 7.65. The number of nitrogens with one attached hydrogen (secondary N) is 3. The number of carboxylic acids is 1. The molecule has 6 N–H and O–H groups in total. The fourth-order valence-electron chi connectivity index (χ4n) is 4.25. The summed E-state index contributed by atoms with van der Waals surface area (Å²) >= 11 is 0. The van der Waals surface area contributed by atoms with Crippen molar-refractivity contribution in [2.24, 2.45) is 17.6 Å². The van der Waals surface area contributed by atoms with Gasteiger partial charge in [0.05, 0.1) is 6.04 Å². The highest BCUT2D eigenvalue weighted by atomic mass is 16.4. The molecule has 0 bridgehead atoms. The van der Waals surface area contributed by atoms with Crippen molar-refractivity contribution in [2.75, 3.05) is 0 Å². The van der Waals surface area contributed by atoms with E-state index in [1.165, 1.54) is 0 Å². The standard InChI is InChI=1S/C30H42N4O5/c1-19(2)15-23(31)27(35)32-25(17-21-11-7-5-8-12-21)29(37)33-24(16-20(3)4)28(36)34-26(30(38)39)18-22-13-9-6-10-14-22/h5-14,19-20,23-26H,15-18,31H2,1-4H3,(H,32,35)(H,33,37)(H,34,36)(H,38,39). The smallest absolute Gasteiger partial charge is 0.326 e. The Morgan fingerprint density at radius 3 is 1.51 bits per heavy atom. The molecular formula is C30H42N4O5. The quantitative estimate of drug-likeness (QED) is 0.235. The van der Waals surface area contributed by atoms with Gasteiger partial charge in [-0.05, 0) is 35.8 Å². The van der Waals surface area contributed by atoms with Crippen molar-refractivity contribution in [1.82, 2.24) is 16.0 Å². The largest absolute Gasteiger partial charge is 0.480 e. The minimum Gasteiger partial charge on any atom is -0.480 e. The molecular weight excluding hydrogens is 496 g/mol. The number of carbonyl (C=O) groups is 4. The van der Waals surface area contributed by atoms with Gasteiger partial charge in [-0.3, -0.25) is 14.4 Å². The second kappa shape index (κ2) is 15.6. The lowest BCUT2D eigenvalue weighted by Crippen LogP contribution is -2.58. The van der Waals surface area contributed by atoms with Gasteiger partial charge in [0.15, 0.2) is 0 Å². The van der Waals surface area contributed by atoms with Crippen LogP contribution < -0.4 is 21.7 Å². The van der Waals surface area contributed by atoms with Crippen LogP contribution in [0.5, 0.6) is 0 Å². The van der Waals surface area contributed by atoms with Gasteiger partial charge in [0.1, 0.15) is 18.1 Å². The molecule has 0 aliphatic carbocycles. The second-order valence-electron chi connectivity index (χ2n) is 10.8. The topological polar surface area (TPSA) is 151 Å². The fraction of sp³-hybridized carbons (Fsp3) is 0.467. The maximum atomic E-state index is 13.5. The van der Waals surface area contributed by atoms with Crippen LogP contribution in [0.15, 0.2) is 60.7 Å². The molecule has 9 nitrogen and oxygen atoms in total. The van der Waals surface area contributed by atoms with Crippen LogP contribution in [0.2, 0.25) is 0 Å². The van der Waals surface area contributed by atoms with Crippen LogP contribution in [-0.2, 0) is 32.0 Å². The van der Waals surface area contributed by atoms with E-state index >= 15 is 0 Å². The van der Waals surface area contributed by atoms with E-state index in [0.29, 0.717) is 6.42 Å². The van der Waals surface area contributed by atoms with Gasteiger partial charge in [-0.25, -0.2) is 4.79 Å². The molecule has 2 aromatic rings. The van der Waals surface area contributed by atoms with Gasteiger partial charge >= 0.3 is 5.97 Å². The molecule has 2 aromatic carbocycles. The highest BCUT2D eigenvalue weighted by molar-refractivity contribution is 5.94. The van der Waals surface area contributed by atoms with E-state index < -0.39 is 47.9 Å². The zero-order valence-corrected chi connectivity index (χ0v) is 23.2. The molecule has 4 atom stereocenters. The number of nitrogens with two attached hydrogens (primary N) is 1. The van der Waals surface area contributed by atoms with Crippen LogP contribution in [-0.4, -0.2) is 53.0 Å². The Kier molecular flexibility index (Phi) is 12.6. The van der Waals surface area contributed by atoms with E-state index in [-0.39, 0.29) is 31.1 Å². The third kappa shape index (κ3) is 11.3. The number of hydrogen-bond donors (Lipinski definition) is 5. The Morgan fingerprint density at radius 2 is 1.05 bits per heavy atom. The molecule has 0 aliphatic rings. The highest BCUT2D eigenvalue weighted by Gasteiger charge is 2.31. The van der Waals surface area contributed by atoms with Crippen molar-refractivity contribution in [3.8, 4) is 0 Å². The summed E-state index contributed by atoms with van der Waals surface area (Å²) in [6.45, 7) is 7.72. The molecule has 9 heteroatoms. The van der Waals surface area contributed by atoms with Crippen LogP contribution in [0.25, 0.3) is 0 Å². The summed E-state index contributed by atoms with van der Waals surface area (Å²) < 4.78 is 0. The molecule has 0 aromatic heterocycles. The Bertz CT molecular complexity index is 1080. The number of hydrogen-bond acceptors (Lipinski definition) is 5. The monoisotopic (exact) mass is 538 g/mol. The lowest BCUT2D eigenvalue weighted by Gasteiger charge is -2.26. The molecule has 0 radical (unpaired) electrons. The first kappa shape index (κ1) is 31.5. The fourth-order valence-corrected chi connectivity index (χ4v) is 4.25. The number of aliphatic carboxylic acids is 1. The van der Waals surface area contributed by atoms with Crippen molar-refractivity contribution in [1.29, 1.82) is 0 Å². The van der Waals surface area contributed by atoms with Crippen molar-refractivity contribution >= 4 is 23.7 Å². The van der Waals surface area contributed by atoms with Gasteiger partial charge in [-0.2, -0.15) is 0 Å². The number of benzene rings is 2.